The molecule has 1 atom stereocenters. The van der Waals surface area contributed by atoms with Crippen molar-refractivity contribution in [3.8, 4) is 6.07 Å². The van der Waals surface area contributed by atoms with Gasteiger partial charge in [-0.2, -0.15) is 5.26 Å². The molecule has 0 aliphatic carbocycles. The summed E-state index contributed by atoms with van der Waals surface area (Å²) in [6, 6.07) is 10.7. The third kappa shape index (κ3) is 2.21. The molecule has 0 radical (unpaired) electrons. The molecule has 4 nitrogen and oxygen atoms in total. The Morgan fingerprint density at radius 3 is 2.78 bits per heavy atom. The van der Waals surface area contributed by atoms with Crippen molar-refractivity contribution in [3.05, 3.63) is 40.8 Å². The van der Waals surface area contributed by atoms with E-state index < -0.39 is 0 Å². The highest BCUT2D eigenvalue weighted by molar-refractivity contribution is 5.80. The van der Waals surface area contributed by atoms with E-state index in [1.807, 2.05) is 30.9 Å². The number of rotatable bonds is 3. The molecule has 1 aromatic heterocycles. The summed E-state index contributed by atoms with van der Waals surface area (Å²) >= 11 is 0. The Labute approximate surface area is 105 Å². The van der Waals surface area contributed by atoms with Crippen LogP contribution in [0.25, 0.3) is 11.0 Å². The highest BCUT2D eigenvalue weighted by Crippen LogP contribution is 2.22. The molecule has 92 valence electrons. The maximum atomic E-state index is 11.2. The van der Waals surface area contributed by atoms with Gasteiger partial charge in [0.15, 0.2) is 0 Å². The van der Waals surface area contributed by atoms with E-state index in [-0.39, 0.29) is 11.7 Å². The van der Waals surface area contributed by atoms with Crippen molar-refractivity contribution in [2.75, 3.05) is 11.4 Å². The predicted molar refractivity (Wildman–Crippen MR) is 70.6 cm³/mol. The fraction of sp³-hybridized carbons (Fsp3) is 0.286. The van der Waals surface area contributed by atoms with Crippen LogP contribution in [0.4, 0.5) is 5.69 Å². The topological polar surface area (TPSA) is 57.2 Å². The van der Waals surface area contributed by atoms with Gasteiger partial charge in [0.2, 0.25) is 0 Å². The zero-order chi connectivity index (χ0) is 13.1. The van der Waals surface area contributed by atoms with Gasteiger partial charge in [-0.25, -0.2) is 4.79 Å². The minimum atomic E-state index is -0.365. The number of anilines is 1. The van der Waals surface area contributed by atoms with Crippen molar-refractivity contribution in [1.82, 2.24) is 0 Å². The quantitative estimate of drug-likeness (QED) is 0.776. The van der Waals surface area contributed by atoms with E-state index in [0.29, 0.717) is 5.58 Å². The lowest BCUT2D eigenvalue weighted by molar-refractivity contribution is 0.561. The van der Waals surface area contributed by atoms with Gasteiger partial charge in [-0.3, -0.25) is 0 Å². The lowest BCUT2D eigenvalue weighted by atomic mass is 10.2. The Hall–Kier alpha value is -2.28. The summed E-state index contributed by atoms with van der Waals surface area (Å²) in [5.74, 6) is 0. The van der Waals surface area contributed by atoms with Gasteiger partial charge >= 0.3 is 5.63 Å². The van der Waals surface area contributed by atoms with E-state index in [1.165, 1.54) is 6.07 Å². The van der Waals surface area contributed by atoms with Crippen LogP contribution in [0.1, 0.15) is 13.8 Å². The molecule has 0 bridgehead atoms. The van der Waals surface area contributed by atoms with Crippen molar-refractivity contribution in [2.45, 2.75) is 19.9 Å². The summed E-state index contributed by atoms with van der Waals surface area (Å²) in [6.45, 7) is 4.55. The maximum absolute atomic E-state index is 11.2. The SMILES string of the molecule is CCN(c1ccc2ccc(=O)oc2c1)C(C)C#N. The zero-order valence-electron chi connectivity index (χ0n) is 10.4. The largest absolute Gasteiger partial charge is 0.423 e. The fourth-order valence-corrected chi connectivity index (χ4v) is 1.98. The van der Waals surface area contributed by atoms with Gasteiger partial charge in [0.25, 0.3) is 0 Å². The van der Waals surface area contributed by atoms with Crippen LogP contribution in [-0.4, -0.2) is 12.6 Å². The van der Waals surface area contributed by atoms with E-state index >= 15 is 0 Å². The minimum Gasteiger partial charge on any atom is -0.423 e. The molecule has 0 N–H and O–H groups in total. The van der Waals surface area contributed by atoms with Crippen molar-refractivity contribution in [3.63, 3.8) is 0 Å². The van der Waals surface area contributed by atoms with Gasteiger partial charge in [-0.05, 0) is 32.0 Å². The molecule has 1 aromatic carbocycles. The summed E-state index contributed by atoms with van der Waals surface area (Å²) in [6.07, 6.45) is 0. The molecule has 0 saturated heterocycles. The van der Waals surface area contributed by atoms with Crippen LogP contribution >= 0.6 is 0 Å². The van der Waals surface area contributed by atoms with Crippen molar-refractivity contribution < 1.29 is 4.42 Å². The zero-order valence-corrected chi connectivity index (χ0v) is 10.4. The molecule has 2 rings (SSSR count). The summed E-state index contributed by atoms with van der Waals surface area (Å²) in [7, 11) is 0. The molecule has 0 amide bonds. The van der Waals surface area contributed by atoms with Crippen LogP contribution in [0.2, 0.25) is 0 Å². The number of benzene rings is 1. The molecule has 0 saturated carbocycles. The fourth-order valence-electron chi connectivity index (χ4n) is 1.98. The van der Waals surface area contributed by atoms with Gasteiger partial charge in [0, 0.05) is 29.8 Å². The predicted octanol–water partition coefficient (Wildman–Crippen LogP) is 2.53. The summed E-state index contributed by atoms with van der Waals surface area (Å²) in [5, 5.41) is 9.86. The van der Waals surface area contributed by atoms with Gasteiger partial charge in [-0.15, -0.1) is 0 Å². The minimum absolute atomic E-state index is 0.220. The van der Waals surface area contributed by atoms with Gasteiger partial charge in [0.05, 0.1) is 6.07 Å². The van der Waals surface area contributed by atoms with E-state index in [9.17, 15) is 4.79 Å². The lowest BCUT2D eigenvalue weighted by Crippen LogP contribution is -2.31. The molecule has 18 heavy (non-hydrogen) atoms. The molecule has 1 heterocycles. The average Bonchev–Trinajstić information content (AvgIpc) is 2.38. The lowest BCUT2D eigenvalue weighted by Gasteiger charge is -2.25. The number of hydrogen-bond acceptors (Lipinski definition) is 4. The molecular weight excluding hydrogens is 228 g/mol. The van der Waals surface area contributed by atoms with Crippen molar-refractivity contribution in [1.29, 1.82) is 5.26 Å². The summed E-state index contributed by atoms with van der Waals surface area (Å²) in [4.78, 5) is 13.1. The van der Waals surface area contributed by atoms with Gasteiger partial charge in [0.1, 0.15) is 11.6 Å². The van der Waals surface area contributed by atoms with Crippen molar-refractivity contribution >= 4 is 16.7 Å². The van der Waals surface area contributed by atoms with Crippen LogP contribution < -0.4 is 10.5 Å². The third-order valence-corrected chi connectivity index (χ3v) is 2.93. The second-order valence-electron chi connectivity index (χ2n) is 4.07. The number of hydrogen-bond donors (Lipinski definition) is 0. The molecular formula is C14H14N2O2. The first-order valence-corrected chi connectivity index (χ1v) is 5.86. The highest BCUT2D eigenvalue weighted by Gasteiger charge is 2.12. The van der Waals surface area contributed by atoms with E-state index in [0.717, 1.165) is 17.6 Å². The van der Waals surface area contributed by atoms with E-state index in [1.54, 1.807) is 12.1 Å². The van der Waals surface area contributed by atoms with Gasteiger partial charge in [-0.1, -0.05) is 0 Å². The Balaban J connectivity index is 2.52. The van der Waals surface area contributed by atoms with E-state index in [4.69, 9.17) is 9.68 Å². The Kier molecular flexibility index (Phi) is 3.33. The maximum Gasteiger partial charge on any atom is 0.336 e. The second-order valence-corrected chi connectivity index (χ2v) is 4.07. The average molecular weight is 242 g/mol. The van der Waals surface area contributed by atoms with Crippen LogP contribution in [0.3, 0.4) is 0 Å². The van der Waals surface area contributed by atoms with Gasteiger partial charge < -0.3 is 9.32 Å². The first-order chi connectivity index (χ1) is 8.65. The molecule has 4 heteroatoms. The van der Waals surface area contributed by atoms with Crippen LogP contribution in [-0.2, 0) is 0 Å². The standard InChI is InChI=1S/C14H14N2O2/c1-3-16(10(2)9-15)12-6-4-11-5-7-14(17)18-13(11)8-12/h4-8,10H,3H2,1-2H3. The smallest absolute Gasteiger partial charge is 0.336 e. The molecule has 0 spiro atoms. The monoisotopic (exact) mass is 242 g/mol. The first kappa shape index (κ1) is 12.2. The number of nitrogens with zero attached hydrogens (tertiary/aromatic N) is 2. The van der Waals surface area contributed by atoms with Crippen molar-refractivity contribution in [2.24, 2.45) is 0 Å². The Morgan fingerprint density at radius 2 is 2.11 bits per heavy atom. The summed E-state index contributed by atoms with van der Waals surface area (Å²) < 4.78 is 5.15. The Morgan fingerprint density at radius 1 is 1.39 bits per heavy atom. The second kappa shape index (κ2) is 4.92. The van der Waals surface area contributed by atoms with Crippen LogP contribution in [0.15, 0.2) is 39.5 Å². The van der Waals surface area contributed by atoms with Crippen LogP contribution in [0, 0.1) is 11.3 Å². The normalized spacial score (nSPS) is 12.1. The highest BCUT2D eigenvalue weighted by atomic mass is 16.4. The molecule has 0 fully saturated rings. The Bertz CT molecular complexity index is 655. The van der Waals surface area contributed by atoms with E-state index in [2.05, 4.69) is 6.07 Å². The molecule has 0 aliphatic rings. The molecule has 2 aromatic rings. The van der Waals surface area contributed by atoms with Crippen LogP contribution in [0.5, 0.6) is 0 Å². The molecule has 1 unspecified atom stereocenters. The third-order valence-electron chi connectivity index (χ3n) is 2.93. The number of fused-ring (bicyclic) bond motifs is 1. The summed E-state index contributed by atoms with van der Waals surface area (Å²) in [5.41, 5.74) is 1.06. The molecule has 0 aliphatic heterocycles. The first-order valence-electron chi connectivity index (χ1n) is 5.86. The number of nitriles is 1.